The standard InChI is InChI=1S/C10H7BrClN3O2/c11-6-1-2-9(8(12)3-6)15-7(4-10(16)17)5-13-14-15/h1-3,5H,4H2,(H,16,17). The third kappa shape index (κ3) is 2.65. The summed E-state index contributed by atoms with van der Waals surface area (Å²) in [5, 5.41) is 16.8. The number of rotatable bonds is 3. The van der Waals surface area contributed by atoms with Crippen LogP contribution in [0, 0.1) is 0 Å². The van der Waals surface area contributed by atoms with E-state index in [0.29, 0.717) is 16.4 Å². The number of carboxylic acid groups (broad SMARTS) is 1. The molecule has 17 heavy (non-hydrogen) atoms. The molecule has 0 fully saturated rings. The molecule has 0 atom stereocenters. The van der Waals surface area contributed by atoms with Crippen LogP contribution in [0.15, 0.2) is 28.9 Å². The highest BCUT2D eigenvalue weighted by molar-refractivity contribution is 9.10. The molecule has 0 spiro atoms. The van der Waals surface area contributed by atoms with E-state index < -0.39 is 5.97 Å². The molecule has 88 valence electrons. The molecule has 2 rings (SSSR count). The van der Waals surface area contributed by atoms with Crippen molar-refractivity contribution in [3.05, 3.63) is 39.6 Å². The summed E-state index contributed by atoms with van der Waals surface area (Å²) in [7, 11) is 0. The van der Waals surface area contributed by atoms with Crippen molar-refractivity contribution >= 4 is 33.5 Å². The van der Waals surface area contributed by atoms with Crippen LogP contribution in [-0.2, 0) is 11.2 Å². The maximum atomic E-state index is 10.7. The highest BCUT2D eigenvalue weighted by Crippen LogP contribution is 2.24. The molecule has 0 amide bonds. The van der Waals surface area contributed by atoms with Crippen LogP contribution in [0.5, 0.6) is 0 Å². The predicted octanol–water partition coefficient (Wildman–Crippen LogP) is 2.31. The van der Waals surface area contributed by atoms with E-state index in [0.717, 1.165) is 4.47 Å². The fourth-order valence-corrected chi connectivity index (χ4v) is 2.14. The third-order valence-corrected chi connectivity index (χ3v) is 2.89. The zero-order valence-electron chi connectivity index (χ0n) is 8.47. The number of nitrogens with zero attached hydrogens (tertiary/aromatic N) is 3. The average molecular weight is 317 g/mol. The van der Waals surface area contributed by atoms with Crippen LogP contribution in [-0.4, -0.2) is 26.1 Å². The summed E-state index contributed by atoms with van der Waals surface area (Å²) in [6, 6.07) is 5.25. The van der Waals surface area contributed by atoms with E-state index in [9.17, 15) is 4.79 Å². The van der Waals surface area contributed by atoms with Gasteiger partial charge in [-0.2, -0.15) is 0 Å². The Bertz CT molecular complexity index is 570. The van der Waals surface area contributed by atoms with Crippen LogP contribution in [0.4, 0.5) is 0 Å². The molecule has 0 aliphatic heterocycles. The molecule has 1 heterocycles. The second-order valence-corrected chi connectivity index (χ2v) is 4.63. The lowest BCUT2D eigenvalue weighted by Gasteiger charge is -2.06. The summed E-state index contributed by atoms with van der Waals surface area (Å²) in [4.78, 5) is 10.7. The van der Waals surface area contributed by atoms with Crippen LogP contribution in [0.3, 0.4) is 0 Å². The van der Waals surface area contributed by atoms with Crippen LogP contribution in [0.2, 0.25) is 5.02 Å². The van der Waals surface area contributed by atoms with Gasteiger partial charge in [-0.3, -0.25) is 4.79 Å². The quantitative estimate of drug-likeness (QED) is 0.943. The SMILES string of the molecule is O=C(O)Cc1cnnn1-c1ccc(Br)cc1Cl. The molecule has 5 nitrogen and oxygen atoms in total. The molecular formula is C10H7BrClN3O2. The summed E-state index contributed by atoms with van der Waals surface area (Å²) in [5.41, 5.74) is 1.07. The van der Waals surface area contributed by atoms with Gasteiger partial charge in [-0.1, -0.05) is 32.7 Å². The predicted molar refractivity (Wildman–Crippen MR) is 65.4 cm³/mol. The Balaban J connectivity index is 2.46. The van der Waals surface area contributed by atoms with Gasteiger partial charge in [0.1, 0.15) is 0 Å². The van der Waals surface area contributed by atoms with Gasteiger partial charge in [0.25, 0.3) is 0 Å². The van der Waals surface area contributed by atoms with E-state index in [4.69, 9.17) is 16.7 Å². The van der Waals surface area contributed by atoms with Crippen molar-refractivity contribution < 1.29 is 9.90 Å². The minimum Gasteiger partial charge on any atom is -0.481 e. The first-order valence-corrected chi connectivity index (χ1v) is 5.82. The molecule has 0 unspecified atom stereocenters. The number of aromatic nitrogens is 3. The normalized spacial score (nSPS) is 10.5. The lowest BCUT2D eigenvalue weighted by molar-refractivity contribution is -0.136. The Morgan fingerprint density at radius 3 is 2.94 bits per heavy atom. The van der Waals surface area contributed by atoms with E-state index in [1.54, 1.807) is 18.2 Å². The number of benzene rings is 1. The monoisotopic (exact) mass is 315 g/mol. The van der Waals surface area contributed by atoms with Crippen LogP contribution >= 0.6 is 27.5 Å². The number of carbonyl (C=O) groups is 1. The first-order valence-electron chi connectivity index (χ1n) is 4.64. The molecule has 1 aromatic carbocycles. The zero-order valence-corrected chi connectivity index (χ0v) is 10.8. The maximum absolute atomic E-state index is 10.7. The molecule has 0 bridgehead atoms. The van der Waals surface area contributed by atoms with Gasteiger partial charge in [0, 0.05) is 4.47 Å². The fourth-order valence-electron chi connectivity index (χ4n) is 1.39. The van der Waals surface area contributed by atoms with Gasteiger partial charge in [0.15, 0.2) is 0 Å². The summed E-state index contributed by atoms with van der Waals surface area (Å²) >= 11 is 9.36. The van der Waals surface area contributed by atoms with Crippen molar-refractivity contribution in [1.29, 1.82) is 0 Å². The molecule has 0 aliphatic rings. The van der Waals surface area contributed by atoms with E-state index in [-0.39, 0.29) is 6.42 Å². The largest absolute Gasteiger partial charge is 0.481 e. The summed E-state index contributed by atoms with van der Waals surface area (Å²) < 4.78 is 2.26. The lowest BCUT2D eigenvalue weighted by atomic mass is 10.3. The second kappa shape index (κ2) is 4.85. The highest BCUT2D eigenvalue weighted by Gasteiger charge is 2.12. The summed E-state index contributed by atoms with van der Waals surface area (Å²) in [6.07, 6.45) is 1.26. The van der Waals surface area contributed by atoms with Crippen molar-refractivity contribution in [2.75, 3.05) is 0 Å². The lowest BCUT2D eigenvalue weighted by Crippen LogP contribution is -2.08. The maximum Gasteiger partial charge on any atom is 0.309 e. The van der Waals surface area contributed by atoms with Gasteiger partial charge >= 0.3 is 5.97 Å². The van der Waals surface area contributed by atoms with Gasteiger partial charge in [-0.05, 0) is 18.2 Å². The van der Waals surface area contributed by atoms with E-state index in [1.165, 1.54) is 10.9 Å². The van der Waals surface area contributed by atoms with Gasteiger partial charge in [0.2, 0.25) is 0 Å². The first-order chi connectivity index (χ1) is 8.08. The molecule has 7 heteroatoms. The number of halogens is 2. The summed E-state index contributed by atoms with van der Waals surface area (Å²) in [5.74, 6) is -0.943. The van der Waals surface area contributed by atoms with Crippen LogP contribution in [0.1, 0.15) is 5.69 Å². The van der Waals surface area contributed by atoms with Crippen molar-refractivity contribution in [2.24, 2.45) is 0 Å². The number of hydrogen-bond donors (Lipinski definition) is 1. The highest BCUT2D eigenvalue weighted by atomic mass is 79.9. The summed E-state index contributed by atoms with van der Waals surface area (Å²) in [6.45, 7) is 0. The van der Waals surface area contributed by atoms with Crippen molar-refractivity contribution in [1.82, 2.24) is 15.0 Å². The Morgan fingerprint density at radius 2 is 2.29 bits per heavy atom. The molecule has 0 saturated heterocycles. The van der Waals surface area contributed by atoms with Gasteiger partial charge < -0.3 is 5.11 Å². The van der Waals surface area contributed by atoms with E-state index >= 15 is 0 Å². The van der Waals surface area contributed by atoms with Gasteiger partial charge in [-0.25, -0.2) is 4.68 Å². The molecule has 2 aromatic rings. The molecule has 1 N–H and O–H groups in total. The average Bonchev–Trinajstić information content (AvgIpc) is 2.65. The van der Waals surface area contributed by atoms with Crippen molar-refractivity contribution in [2.45, 2.75) is 6.42 Å². The minimum absolute atomic E-state index is 0.153. The molecular weight excluding hydrogens is 309 g/mol. The smallest absolute Gasteiger partial charge is 0.309 e. The number of hydrogen-bond acceptors (Lipinski definition) is 3. The van der Waals surface area contributed by atoms with Crippen molar-refractivity contribution in [3.63, 3.8) is 0 Å². The topological polar surface area (TPSA) is 68.0 Å². The molecule has 0 saturated carbocycles. The molecule has 0 aliphatic carbocycles. The van der Waals surface area contributed by atoms with Gasteiger partial charge in [0.05, 0.1) is 29.0 Å². The Hall–Kier alpha value is -1.40. The van der Waals surface area contributed by atoms with Crippen molar-refractivity contribution in [3.8, 4) is 5.69 Å². The molecule has 0 radical (unpaired) electrons. The van der Waals surface area contributed by atoms with Gasteiger partial charge in [-0.15, -0.1) is 5.10 Å². The second-order valence-electron chi connectivity index (χ2n) is 3.30. The first kappa shape index (κ1) is 12.1. The van der Waals surface area contributed by atoms with E-state index in [1.807, 2.05) is 0 Å². The molecule has 1 aromatic heterocycles. The minimum atomic E-state index is -0.943. The van der Waals surface area contributed by atoms with Crippen LogP contribution in [0.25, 0.3) is 5.69 Å². The Kier molecular flexibility index (Phi) is 3.44. The van der Waals surface area contributed by atoms with Crippen LogP contribution < -0.4 is 0 Å². The zero-order chi connectivity index (χ0) is 12.4. The number of aliphatic carboxylic acids is 1. The Labute approximate surface area is 110 Å². The van der Waals surface area contributed by atoms with E-state index in [2.05, 4.69) is 26.2 Å². The fraction of sp³-hybridized carbons (Fsp3) is 0.100. The Morgan fingerprint density at radius 1 is 1.53 bits per heavy atom. The number of carboxylic acids is 1. The third-order valence-electron chi connectivity index (χ3n) is 2.09.